The van der Waals surface area contributed by atoms with Crippen molar-refractivity contribution in [2.45, 2.75) is 25.7 Å². The number of hydrogen-bond donors (Lipinski definition) is 0. The van der Waals surface area contributed by atoms with E-state index >= 15 is 0 Å². The van der Waals surface area contributed by atoms with Crippen LogP contribution >= 0.6 is 0 Å². The minimum atomic E-state index is 0.471. The van der Waals surface area contributed by atoms with Gasteiger partial charge in [0.15, 0.2) is 11.5 Å². The molecule has 1 aromatic rings. The molecular formula is C22H34O6. The van der Waals surface area contributed by atoms with Crippen molar-refractivity contribution in [3.8, 4) is 11.5 Å². The molecule has 1 aliphatic heterocycles. The molecule has 0 saturated carbocycles. The molecule has 0 aliphatic carbocycles. The zero-order valence-electron chi connectivity index (χ0n) is 16.8. The Bertz CT molecular complexity index is 475. The SMILES string of the molecule is C1=C/CCCOCCOCCOc2ccccc2OCCOCCOCCC/1. The Morgan fingerprint density at radius 1 is 0.464 bits per heavy atom. The fraction of sp³-hybridized carbons (Fsp3) is 0.636. The Hall–Kier alpha value is -1.60. The van der Waals surface area contributed by atoms with Crippen LogP contribution in [0.15, 0.2) is 36.4 Å². The van der Waals surface area contributed by atoms with Crippen LogP contribution in [0.1, 0.15) is 25.7 Å². The van der Waals surface area contributed by atoms with E-state index in [9.17, 15) is 0 Å². The van der Waals surface area contributed by atoms with Crippen molar-refractivity contribution in [3.05, 3.63) is 36.4 Å². The van der Waals surface area contributed by atoms with Gasteiger partial charge in [-0.1, -0.05) is 24.3 Å². The van der Waals surface area contributed by atoms with E-state index in [-0.39, 0.29) is 0 Å². The molecule has 0 N–H and O–H groups in total. The second kappa shape index (κ2) is 16.4. The third kappa shape index (κ3) is 11.3. The number of fused-ring (bicyclic) bond motifs is 1. The summed E-state index contributed by atoms with van der Waals surface area (Å²) in [5.41, 5.74) is 0. The van der Waals surface area contributed by atoms with Gasteiger partial charge in [0, 0.05) is 13.2 Å². The van der Waals surface area contributed by atoms with E-state index in [0.29, 0.717) is 64.4 Å². The summed E-state index contributed by atoms with van der Waals surface area (Å²) >= 11 is 0. The molecule has 158 valence electrons. The standard InChI is InChI=1S/C22H34O6/c1-2-4-8-12-24-14-16-26-18-20-28-22-10-6-5-9-21(22)27-19-17-25-15-13-23-11-7-3-1/h1-2,5-6,9-10H,3-4,7-8,11-20H2/b2-1+. The highest BCUT2D eigenvalue weighted by Crippen LogP contribution is 2.26. The molecule has 0 atom stereocenters. The molecular weight excluding hydrogens is 360 g/mol. The molecule has 0 fully saturated rings. The van der Waals surface area contributed by atoms with Crippen LogP contribution in [-0.2, 0) is 18.9 Å². The normalized spacial score (nSPS) is 21.3. The first kappa shape index (κ1) is 22.7. The van der Waals surface area contributed by atoms with E-state index in [1.54, 1.807) is 0 Å². The van der Waals surface area contributed by atoms with E-state index in [0.717, 1.165) is 38.9 Å². The fourth-order valence-corrected chi connectivity index (χ4v) is 2.60. The molecule has 0 saturated heterocycles. The molecule has 1 heterocycles. The summed E-state index contributed by atoms with van der Waals surface area (Å²) in [5, 5.41) is 0. The molecule has 28 heavy (non-hydrogen) atoms. The summed E-state index contributed by atoms with van der Waals surface area (Å²) in [6.45, 7) is 5.88. The van der Waals surface area contributed by atoms with Crippen molar-refractivity contribution in [3.63, 3.8) is 0 Å². The van der Waals surface area contributed by atoms with Crippen molar-refractivity contribution in [1.82, 2.24) is 0 Å². The summed E-state index contributed by atoms with van der Waals surface area (Å²) in [6.07, 6.45) is 8.59. The average Bonchev–Trinajstić information content (AvgIpc) is 2.72. The van der Waals surface area contributed by atoms with E-state index in [1.165, 1.54) is 0 Å². The van der Waals surface area contributed by atoms with Crippen molar-refractivity contribution in [2.75, 3.05) is 66.1 Å². The van der Waals surface area contributed by atoms with Crippen LogP contribution in [0.25, 0.3) is 0 Å². The lowest BCUT2D eigenvalue weighted by Crippen LogP contribution is -2.13. The molecule has 6 heteroatoms. The highest BCUT2D eigenvalue weighted by molar-refractivity contribution is 5.39. The molecule has 1 aromatic carbocycles. The molecule has 0 radical (unpaired) electrons. The maximum absolute atomic E-state index is 5.77. The molecule has 2 rings (SSSR count). The van der Waals surface area contributed by atoms with Gasteiger partial charge in [0.1, 0.15) is 13.2 Å². The Morgan fingerprint density at radius 2 is 0.857 bits per heavy atom. The maximum Gasteiger partial charge on any atom is 0.161 e. The van der Waals surface area contributed by atoms with Gasteiger partial charge in [0.2, 0.25) is 0 Å². The maximum atomic E-state index is 5.77. The highest BCUT2D eigenvalue weighted by Gasteiger charge is 2.04. The lowest BCUT2D eigenvalue weighted by Gasteiger charge is -2.13. The minimum Gasteiger partial charge on any atom is -0.487 e. The predicted octanol–water partition coefficient (Wildman–Crippen LogP) is 3.64. The summed E-state index contributed by atoms with van der Waals surface area (Å²) in [5.74, 6) is 1.43. The Morgan fingerprint density at radius 3 is 1.32 bits per heavy atom. The smallest absolute Gasteiger partial charge is 0.161 e. The highest BCUT2D eigenvalue weighted by atomic mass is 16.6. The first-order valence-corrected chi connectivity index (χ1v) is 10.3. The number of hydrogen-bond acceptors (Lipinski definition) is 6. The van der Waals surface area contributed by atoms with Crippen molar-refractivity contribution >= 4 is 0 Å². The van der Waals surface area contributed by atoms with Gasteiger partial charge in [-0.05, 0) is 37.8 Å². The molecule has 0 spiro atoms. The first-order chi connectivity index (χ1) is 14.0. The zero-order chi connectivity index (χ0) is 19.5. The quantitative estimate of drug-likeness (QED) is 0.626. The molecule has 0 bridgehead atoms. The van der Waals surface area contributed by atoms with Crippen LogP contribution in [0.4, 0.5) is 0 Å². The van der Waals surface area contributed by atoms with Gasteiger partial charge in [0.25, 0.3) is 0 Å². The molecule has 0 aromatic heterocycles. The first-order valence-electron chi connectivity index (χ1n) is 10.3. The van der Waals surface area contributed by atoms with Crippen LogP contribution in [0, 0.1) is 0 Å². The monoisotopic (exact) mass is 394 g/mol. The fourth-order valence-electron chi connectivity index (χ4n) is 2.60. The summed E-state index contributed by atoms with van der Waals surface area (Å²) in [4.78, 5) is 0. The number of para-hydroxylation sites is 2. The Kier molecular flexibility index (Phi) is 13.3. The van der Waals surface area contributed by atoms with Gasteiger partial charge >= 0.3 is 0 Å². The van der Waals surface area contributed by atoms with Gasteiger partial charge in [-0.2, -0.15) is 0 Å². The van der Waals surface area contributed by atoms with Crippen molar-refractivity contribution in [1.29, 1.82) is 0 Å². The predicted molar refractivity (Wildman–Crippen MR) is 108 cm³/mol. The Balaban J connectivity index is 1.70. The molecule has 1 aliphatic rings. The van der Waals surface area contributed by atoms with E-state index in [2.05, 4.69) is 12.2 Å². The molecule has 6 nitrogen and oxygen atoms in total. The van der Waals surface area contributed by atoms with E-state index in [4.69, 9.17) is 28.4 Å². The lowest BCUT2D eigenvalue weighted by atomic mass is 10.2. The van der Waals surface area contributed by atoms with Gasteiger partial charge in [-0.25, -0.2) is 0 Å². The largest absolute Gasteiger partial charge is 0.487 e. The number of ether oxygens (including phenoxy) is 6. The number of benzene rings is 1. The van der Waals surface area contributed by atoms with Crippen LogP contribution in [0.3, 0.4) is 0 Å². The zero-order valence-corrected chi connectivity index (χ0v) is 16.8. The second-order valence-electron chi connectivity index (χ2n) is 6.35. The third-order valence-electron chi connectivity index (χ3n) is 4.05. The lowest BCUT2D eigenvalue weighted by molar-refractivity contribution is 0.0325. The van der Waals surface area contributed by atoms with Crippen molar-refractivity contribution in [2.24, 2.45) is 0 Å². The summed E-state index contributed by atoms with van der Waals surface area (Å²) in [7, 11) is 0. The minimum absolute atomic E-state index is 0.471. The van der Waals surface area contributed by atoms with Crippen LogP contribution in [-0.4, -0.2) is 66.1 Å². The van der Waals surface area contributed by atoms with Gasteiger partial charge in [0.05, 0.1) is 39.6 Å². The van der Waals surface area contributed by atoms with Gasteiger partial charge < -0.3 is 28.4 Å². The van der Waals surface area contributed by atoms with E-state index in [1.807, 2.05) is 24.3 Å². The summed E-state index contributed by atoms with van der Waals surface area (Å²) < 4.78 is 33.8. The van der Waals surface area contributed by atoms with Crippen molar-refractivity contribution < 1.29 is 28.4 Å². The third-order valence-corrected chi connectivity index (χ3v) is 4.05. The average molecular weight is 395 g/mol. The van der Waals surface area contributed by atoms with Gasteiger partial charge in [-0.3, -0.25) is 0 Å². The second-order valence-corrected chi connectivity index (χ2v) is 6.35. The summed E-state index contributed by atoms with van der Waals surface area (Å²) in [6, 6.07) is 7.64. The van der Waals surface area contributed by atoms with Crippen LogP contribution in [0.5, 0.6) is 11.5 Å². The topological polar surface area (TPSA) is 55.4 Å². The molecule has 0 unspecified atom stereocenters. The molecule has 0 amide bonds. The van der Waals surface area contributed by atoms with Crippen LogP contribution < -0.4 is 9.47 Å². The van der Waals surface area contributed by atoms with E-state index < -0.39 is 0 Å². The number of allylic oxidation sites excluding steroid dienone is 2. The number of rotatable bonds is 0. The Labute approximate surface area is 168 Å². The van der Waals surface area contributed by atoms with Crippen LogP contribution in [0.2, 0.25) is 0 Å². The van der Waals surface area contributed by atoms with Gasteiger partial charge in [-0.15, -0.1) is 0 Å².